The van der Waals surface area contributed by atoms with Crippen LogP contribution in [0.1, 0.15) is 25.0 Å². The van der Waals surface area contributed by atoms with E-state index in [1.165, 1.54) is 4.90 Å². The molecule has 2 amide bonds. The van der Waals surface area contributed by atoms with Crippen molar-refractivity contribution in [3.05, 3.63) is 70.4 Å². The number of carbonyl (C=O) groups excluding carboxylic acids is 2. The second-order valence-corrected chi connectivity index (χ2v) is 6.71. The first-order chi connectivity index (χ1) is 11.9. The first-order valence-corrected chi connectivity index (χ1v) is 8.48. The van der Waals surface area contributed by atoms with Crippen molar-refractivity contribution < 1.29 is 9.59 Å². The Morgan fingerprint density at radius 1 is 0.960 bits per heavy atom. The number of hydrogen-bond donors (Lipinski definition) is 1. The molecular formula is C20H19ClN2O2. The number of nitrogens with zero attached hydrogens (tertiary/aromatic N) is 1. The van der Waals surface area contributed by atoms with Crippen LogP contribution in [0.3, 0.4) is 0 Å². The summed E-state index contributed by atoms with van der Waals surface area (Å²) in [5.74, 6) is -0.605. The summed E-state index contributed by atoms with van der Waals surface area (Å²) in [6.45, 7) is 5.60. The Bertz CT molecular complexity index is 870. The summed E-state index contributed by atoms with van der Waals surface area (Å²) >= 11 is 5.96. The van der Waals surface area contributed by atoms with E-state index in [1.54, 1.807) is 24.3 Å². The van der Waals surface area contributed by atoms with Crippen LogP contribution in [0.2, 0.25) is 5.02 Å². The monoisotopic (exact) mass is 354 g/mol. The van der Waals surface area contributed by atoms with Crippen LogP contribution < -0.4 is 5.32 Å². The molecule has 0 radical (unpaired) electrons. The SMILES string of the molecule is Cc1ccccc1NC1=C(c2ccc(Cl)cc2)C(=O)N(C(C)C)C1=O. The number of amides is 2. The van der Waals surface area contributed by atoms with E-state index in [-0.39, 0.29) is 17.9 Å². The molecule has 25 heavy (non-hydrogen) atoms. The van der Waals surface area contributed by atoms with Crippen LogP contribution in [0, 0.1) is 6.92 Å². The minimum absolute atomic E-state index is 0.224. The molecule has 1 aliphatic heterocycles. The zero-order valence-electron chi connectivity index (χ0n) is 14.3. The van der Waals surface area contributed by atoms with Gasteiger partial charge in [0.15, 0.2) is 0 Å². The third-order valence-electron chi connectivity index (χ3n) is 4.17. The predicted molar refractivity (Wildman–Crippen MR) is 100 cm³/mol. The van der Waals surface area contributed by atoms with E-state index in [4.69, 9.17) is 11.6 Å². The minimum Gasteiger partial charge on any atom is -0.350 e. The Morgan fingerprint density at radius 3 is 2.20 bits per heavy atom. The quantitative estimate of drug-likeness (QED) is 0.835. The second-order valence-electron chi connectivity index (χ2n) is 6.27. The Morgan fingerprint density at radius 2 is 1.60 bits per heavy atom. The lowest BCUT2D eigenvalue weighted by Gasteiger charge is -2.19. The number of anilines is 1. The number of hydrogen-bond acceptors (Lipinski definition) is 3. The van der Waals surface area contributed by atoms with Gasteiger partial charge in [-0.25, -0.2) is 0 Å². The van der Waals surface area contributed by atoms with E-state index < -0.39 is 0 Å². The minimum atomic E-state index is -0.312. The summed E-state index contributed by atoms with van der Waals surface area (Å²) in [6, 6.07) is 14.4. The van der Waals surface area contributed by atoms with Gasteiger partial charge < -0.3 is 5.32 Å². The van der Waals surface area contributed by atoms with Crippen molar-refractivity contribution in [2.75, 3.05) is 5.32 Å². The fourth-order valence-electron chi connectivity index (χ4n) is 2.86. The largest absolute Gasteiger partial charge is 0.350 e. The van der Waals surface area contributed by atoms with E-state index >= 15 is 0 Å². The average molecular weight is 355 g/mol. The van der Waals surface area contributed by atoms with E-state index in [0.717, 1.165) is 11.3 Å². The molecule has 2 aromatic rings. The van der Waals surface area contributed by atoms with Crippen LogP contribution in [0.25, 0.3) is 5.57 Å². The Balaban J connectivity index is 2.12. The maximum Gasteiger partial charge on any atom is 0.278 e. The third-order valence-corrected chi connectivity index (χ3v) is 4.42. The molecule has 2 aromatic carbocycles. The second kappa shape index (κ2) is 6.73. The van der Waals surface area contributed by atoms with E-state index in [0.29, 0.717) is 21.9 Å². The van der Waals surface area contributed by atoms with Crippen molar-refractivity contribution in [2.24, 2.45) is 0 Å². The molecule has 0 spiro atoms. The fourth-order valence-corrected chi connectivity index (χ4v) is 2.99. The van der Waals surface area contributed by atoms with Crippen molar-refractivity contribution in [1.82, 2.24) is 4.90 Å². The molecular weight excluding hydrogens is 336 g/mol. The van der Waals surface area contributed by atoms with Crippen LogP contribution in [0.15, 0.2) is 54.2 Å². The first kappa shape index (κ1) is 17.2. The smallest absolute Gasteiger partial charge is 0.278 e. The molecule has 0 aliphatic carbocycles. The number of rotatable bonds is 4. The van der Waals surface area contributed by atoms with Crippen LogP contribution in [0.4, 0.5) is 5.69 Å². The van der Waals surface area contributed by atoms with Gasteiger partial charge in [0.1, 0.15) is 5.70 Å². The number of carbonyl (C=O) groups is 2. The lowest BCUT2D eigenvalue weighted by atomic mass is 10.0. The topological polar surface area (TPSA) is 49.4 Å². The van der Waals surface area contributed by atoms with Gasteiger partial charge >= 0.3 is 0 Å². The summed E-state index contributed by atoms with van der Waals surface area (Å²) in [5.41, 5.74) is 3.14. The molecule has 0 aromatic heterocycles. The molecule has 1 N–H and O–H groups in total. The zero-order chi connectivity index (χ0) is 18.1. The van der Waals surface area contributed by atoms with E-state index in [9.17, 15) is 9.59 Å². The van der Waals surface area contributed by atoms with Gasteiger partial charge in [-0.05, 0) is 50.1 Å². The molecule has 5 heteroatoms. The number of aryl methyl sites for hydroxylation is 1. The Labute approximate surface area is 152 Å². The van der Waals surface area contributed by atoms with Crippen LogP contribution >= 0.6 is 11.6 Å². The standard InChI is InChI=1S/C20H19ClN2O2/c1-12(2)23-19(24)17(14-8-10-15(21)11-9-14)18(20(23)25)22-16-7-5-4-6-13(16)3/h4-12,22H,1-3H3. The van der Waals surface area contributed by atoms with Gasteiger partial charge in [-0.1, -0.05) is 41.9 Å². The number of para-hydroxylation sites is 1. The van der Waals surface area contributed by atoms with Gasteiger partial charge in [0, 0.05) is 16.8 Å². The number of halogens is 1. The molecule has 4 nitrogen and oxygen atoms in total. The van der Waals surface area contributed by atoms with Crippen LogP contribution in [-0.4, -0.2) is 22.8 Å². The van der Waals surface area contributed by atoms with E-state index in [1.807, 2.05) is 45.0 Å². The van der Waals surface area contributed by atoms with E-state index in [2.05, 4.69) is 5.32 Å². The van der Waals surface area contributed by atoms with Gasteiger partial charge in [-0.15, -0.1) is 0 Å². The van der Waals surface area contributed by atoms with Crippen molar-refractivity contribution in [2.45, 2.75) is 26.8 Å². The van der Waals surface area contributed by atoms with Gasteiger partial charge in [-0.3, -0.25) is 14.5 Å². The van der Waals surface area contributed by atoms with Gasteiger partial charge in [0.25, 0.3) is 11.8 Å². The average Bonchev–Trinajstić information content (AvgIpc) is 2.81. The highest BCUT2D eigenvalue weighted by atomic mass is 35.5. The highest BCUT2D eigenvalue weighted by molar-refractivity contribution is 6.37. The van der Waals surface area contributed by atoms with Gasteiger partial charge in [-0.2, -0.15) is 0 Å². The normalized spacial score (nSPS) is 14.7. The Hall–Kier alpha value is -2.59. The van der Waals surface area contributed by atoms with Crippen molar-refractivity contribution in [1.29, 1.82) is 0 Å². The Kier molecular flexibility index (Phi) is 4.64. The molecule has 3 rings (SSSR count). The summed E-state index contributed by atoms with van der Waals surface area (Å²) in [5, 5.41) is 3.75. The summed E-state index contributed by atoms with van der Waals surface area (Å²) in [6.07, 6.45) is 0. The van der Waals surface area contributed by atoms with Crippen molar-refractivity contribution in [3.8, 4) is 0 Å². The molecule has 1 heterocycles. The lowest BCUT2D eigenvalue weighted by molar-refractivity contribution is -0.138. The highest BCUT2D eigenvalue weighted by Crippen LogP contribution is 2.32. The number of nitrogens with one attached hydrogen (secondary N) is 1. The summed E-state index contributed by atoms with van der Waals surface area (Å²) in [7, 11) is 0. The lowest BCUT2D eigenvalue weighted by Crippen LogP contribution is -2.38. The molecule has 1 aliphatic rings. The fraction of sp³-hybridized carbons (Fsp3) is 0.200. The van der Waals surface area contributed by atoms with Crippen molar-refractivity contribution >= 4 is 34.7 Å². The highest BCUT2D eigenvalue weighted by Gasteiger charge is 2.40. The molecule has 0 fully saturated rings. The summed E-state index contributed by atoms with van der Waals surface area (Å²) < 4.78 is 0. The van der Waals surface area contributed by atoms with Crippen LogP contribution in [0.5, 0.6) is 0 Å². The van der Waals surface area contributed by atoms with Gasteiger partial charge in [0.2, 0.25) is 0 Å². The zero-order valence-corrected chi connectivity index (χ0v) is 15.1. The van der Waals surface area contributed by atoms with Gasteiger partial charge in [0.05, 0.1) is 5.57 Å². The maximum absolute atomic E-state index is 12.9. The van der Waals surface area contributed by atoms with Crippen LogP contribution in [-0.2, 0) is 9.59 Å². The molecule has 0 saturated heterocycles. The molecule has 0 bridgehead atoms. The molecule has 128 valence electrons. The number of imide groups is 1. The number of benzene rings is 2. The third kappa shape index (κ3) is 3.17. The molecule has 0 saturated carbocycles. The summed E-state index contributed by atoms with van der Waals surface area (Å²) in [4.78, 5) is 27.1. The van der Waals surface area contributed by atoms with Crippen molar-refractivity contribution in [3.63, 3.8) is 0 Å². The molecule has 0 unspecified atom stereocenters. The predicted octanol–water partition coefficient (Wildman–Crippen LogP) is 4.25. The maximum atomic E-state index is 12.9. The molecule has 0 atom stereocenters. The first-order valence-electron chi connectivity index (χ1n) is 8.11.